The van der Waals surface area contributed by atoms with Crippen molar-refractivity contribution in [3.05, 3.63) is 69.3 Å². The van der Waals surface area contributed by atoms with E-state index in [0.29, 0.717) is 19.5 Å². The molecule has 3 rings (SSSR count). The van der Waals surface area contributed by atoms with E-state index in [2.05, 4.69) is 4.90 Å². The molecule has 0 aliphatic carbocycles. The first-order chi connectivity index (χ1) is 14.5. The molecule has 0 N–H and O–H groups in total. The van der Waals surface area contributed by atoms with Crippen LogP contribution in [0.3, 0.4) is 0 Å². The fourth-order valence-corrected chi connectivity index (χ4v) is 3.86. The van der Waals surface area contributed by atoms with Gasteiger partial charge in [0.15, 0.2) is 0 Å². The molecule has 30 heavy (non-hydrogen) atoms. The van der Waals surface area contributed by atoms with Crippen LogP contribution < -0.4 is 4.74 Å². The third-order valence-electron chi connectivity index (χ3n) is 5.74. The largest absolute Gasteiger partial charge is 0.497 e. The molecule has 0 atom stereocenters. The Labute approximate surface area is 177 Å². The lowest BCUT2D eigenvalue weighted by atomic mass is 10.1. The van der Waals surface area contributed by atoms with Crippen LogP contribution in [-0.2, 0) is 17.8 Å². The summed E-state index contributed by atoms with van der Waals surface area (Å²) in [5.74, 6) is 0.996. The van der Waals surface area contributed by atoms with E-state index in [1.54, 1.807) is 26.2 Å². The van der Waals surface area contributed by atoms with Gasteiger partial charge in [0.05, 0.1) is 12.0 Å². The summed E-state index contributed by atoms with van der Waals surface area (Å²) >= 11 is 0. The van der Waals surface area contributed by atoms with Crippen LogP contribution in [0, 0.1) is 17.0 Å². The van der Waals surface area contributed by atoms with Crippen molar-refractivity contribution in [2.75, 3.05) is 33.3 Å². The SMILES string of the molecule is COc1ccc(CCC(=O)N2CCCN(Cc3cccc([N+](=O)[O-])c3C)CC2)cc1. The lowest BCUT2D eigenvalue weighted by molar-refractivity contribution is -0.385. The Morgan fingerprint density at radius 2 is 1.87 bits per heavy atom. The number of carbonyl (C=O) groups is 1. The number of ether oxygens (including phenoxy) is 1. The van der Waals surface area contributed by atoms with E-state index >= 15 is 0 Å². The van der Waals surface area contributed by atoms with E-state index in [1.165, 1.54) is 0 Å². The monoisotopic (exact) mass is 411 g/mol. The van der Waals surface area contributed by atoms with E-state index < -0.39 is 0 Å². The van der Waals surface area contributed by atoms with Crippen molar-refractivity contribution in [1.82, 2.24) is 9.80 Å². The molecule has 0 aromatic heterocycles. The number of benzene rings is 2. The number of aryl methyl sites for hydroxylation is 1. The molecule has 2 aromatic carbocycles. The van der Waals surface area contributed by atoms with Crippen molar-refractivity contribution in [2.24, 2.45) is 0 Å². The molecule has 7 nitrogen and oxygen atoms in total. The summed E-state index contributed by atoms with van der Waals surface area (Å²) in [6.07, 6.45) is 2.12. The lowest BCUT2D eigenvalue weighted by Crippen LogP contribution is -2.35. The van der Waals surface area contributed by atoms with Crippen molar-refractivity contribution in [3.8, 4) is 5.75 Å². The molecule has 0 radical (unpaired) electrons. The molecule has 1 fully saturated rings. The van der Waals surface area contributed by atoms with Crippen molar-refractivity contribution in [1.29, 1.82) is 0 Å². The van der Waals surface area contributed by atoms with E-state index in [9.17, 15) is 14.9 Å². The van der Waals surface area contributed by atoms with Crippen LogP contribution in [0.1, 0.15) is 29.5 Å². The van der Waals surface area contributed by atoms with Gasteiger partial charge in [-0.25, -0.2) is 0 Å². The zero-order valence-corrected chi connectivity index (χ0v) is 17.7. The highest BCUT2D eigenvalue weighted by molar-refractivity contribution is 5.76. The highest BCUT2D eigenvalue weighted by Crippen LogP contribution is 2.23. The predicted octanol–water partition coefficient (Wildman–Crippen LogP) is 3.58. The van der Waals surface area contributed by atoms with Crippen LogP contribution in [-0.4, -0.2) is 53.9 Å². The van der Waals surface area contributed by atoms with Gasteiger partial charge in [-0.1, -0.05) is 24.3 Å². The van der Waals surface area contributed by atoms with Gasteiger partial charge in [-0.15, -0.1) is 0 Å². The number of nitrogens with zero attached hydrogens (tertiary/aromatic N) is 3. The van der Waals surface area contributed by atoms with Crippen LogP contribution in [0.25, 0.3) is 0 Å². The number of rotatable bonds is 7. The first-order valence-electron chi connectivity index (χ1n) is 10.3. The molecule has 1 aliphatic heterocycles. The molecular weight excluding hydrogens is 382 g/mol. The summed E-state index contributed by atoms with van der Waals surface area (Å²) in [4.78, 5) is 27.8. The molecule has 0 unspecified atom stereocenters. The van der Waals surface area contributed by atoms with Gasteiger partial charge < -0.3 is 9.64 Å². The number of nitro groups is 1. The lowest BCUT2D eigenvalue weighted by Gasteiger charge is -2.22. The first kappa shape index (κ1) is 21.8. The predicted molar refractivity (Wildman–Crippen MR) is 116 cm³/mol. The zero-order chi connectivity index (χ0) is 21.5. The quantitative estimate of drug-likeness (QED) is 0.514. The molecule has 160 valence electrons. The second-order valence-corrected chi connectivity index (χ2v) is 7.68. The summed E-state index contributed by atoms with van der Waals surface area (Å²) in [7, 11) is 1.64. The Bertz CT molecular complexity index is 883. The van der Waals surface area contributed by atoms with Gasteiger partial charge in [-0.05, 0) is 43.0 Å². The maximum atomic E-state index is 12.7. The number of nitro benzene ring substituents is 1. The molecule has 0 bridgehead atoms. The first-order valence-corrected chi connectivity index (χ1v) is 10.3. The summed E-state index contributed by atoms with van der Waals surface area (Å²) in [5.41, 5.74) is 2.99. The Kier molecular flexibility index (Phi) is 7.41. The molecule has 1 saturated heterocycles. The fraction of sp³-hybridized carbons (Fsp3) is 0.435. The summed E-state index contributed by atoms with van der Waals surface area (Å²) in [5, 5.41) is 11.2. The summed E-state index contributed by atoms with van der Waals surface area (Å²) < 4.78 is 5.17. The number of methoxy groups -OCH3 is 1. The minimum absolute atomic E-state index is 0.164. The topological polar surface area (TPSA) is 75.9 Å². The second-order valence-electron chi connectivity index (χ2n) is 7.68. The van der Waals surface area contributed by atoms with Gasteiger partial charge in [0.25, 0.3) is 5.69 Å². The van der Waals surface area contributed by atoms with Gasteiger partial charge in [-0.2, -0.15) is 0 Å². The van der Waals surface area contributed by atoms with E-state index in [-0.39, 0.29) is 16.5 Å². The maximum Gasteiger partial charge on any atom is 0.272 e. The maximum absolute atomic E-state index is 12.7. The second kappa shape index (κ2) is 10.2. The highest BCUT2D eigenvalue weighted by Gasteiger charge is 2.21. The van der Waals surface area contributed by atoms with Crippen LogP contribution in [0.15, 0.2) is 42.5 Å². The normalized spacial score (nSPS) is 14.9. The standard InChI is InChI=1S/C23H29N3O4/c1-18-20(5-3-6-22(18)26(28)29)17-24-13-4-14-25(16-15-24)23(27)12-9-19-7-10-21(30-2)11-8-19/h3,5-8,10-11H,4,9,12-17H2,1-2H3. The van der Waals surface area contributed by atoms with Gasteiger partial charge in [0.1, 0.15) is 5.75 Å². The molecule has 7 heteroatoms. The summed E-state index contributed by atoms with van der Waals surface area (Å²) in [6.45, 7) is 5.57. The van der Waals surface area contributed by atoms with Crippen LogP contribution in [0.5, 0.6) is 5.75 Å². The number of hydrogen-bond donors (Lipinski definition) is 0. The van der Waals surface area contributed by atoms with Crippen LogP contribution in [0.2, 0.25) is 0 Å². The summed E-state index contributed by atoms with van der Waals surface area (Å²) in [6, 6.07) is 13.1. The molecule has 0 saturated carbocycles. The van der Waals surface area contributed by atoms with Crippen molar-refractivity contribution in [2.45, 2.75) is 32.7 Å². The fourth-order valence-electron chi connectivity index (χ4n) is 3.86. The minimum Gasteiger partial charge on any atom is -0.497 e. The van der Waals surface area contributed by atoms with Crippen molar-refractivity contribution >= 4 is 11.6 Å². The van der Waals surface area contributed by atoms with E-state index in [0.717, 1.165) is 54.9 Å². The Morgan fingerprint density at radius 3 is 2.57 bits per heavy atom. The van der Waals surface area contributed by atoms with Crippen LogP contribution >= 0.6 is 0 Å². The highest BCUT2D eigenvalue weighted by atomic mass is 16.6. The Balaban J connectivity index is 1.52. The Hall–Kier alpha value is -2.93. The number of carbonyl (C=O) groups excluding carboxylic acids is 1. The Morgan fingerprint density at radius 1 is 1.10 bits per heavy atom. The number of amides is 1. The third kappa shape index (κ3) is 5.57. The smallest absolute Gasteiger partial charge is 0.272 e. The van der Waals surface area contributed by atoms with Crippen molar-refractivity contribution < 1.29 is 14.5 Å². The minimum atomic E-state index is -0.329. The van der Waals surface area contributed by atoms with Gasteiger partial charge in [0.2, 0.25) is 5.91 Å². The van der Waals surface area contributed by atoms with Crippen LogP contribution in [0.4, 0.5) is 5.69 Å². The molecule has 0 spiro atoms. The average Bonchev–Trinajstić information content (AvgIpc) is 2.99. The van der Waals surface area contributed by atoms with Crippen molar-refractivity contribution in [3.63, 3.8) is 0 Å². The van der Waals surface area contributed by atoms with E-state index in [1.807, 2.05) is 35.2 Å². The molecule has 2 aromatic rings. The molecule has 1 amide bonds. The number of hydrogen-bond acceptors (Lipinski definition) is 5. The molecule has 1 aliphatic rings. The zero-order valence-electron chi connectivity index (χ0n) is 17.7. The van der Waals surface area contributed by atoms with Gasteiger partial charge in [0, 0.05) is 50.8 Å². The average molecular weight is 412 g/mol. The van der Waals surface area contributed by atoms with Gasteiger partial charge >= 0.3 is 0 Å². The van der Waals surface area contributed by atoms with Gasteiger partial charge in [-0.3, -0.25) is 19.8 Å². The molecular formula is C23H29N3O4. The van der Waals surface area contributed by atoms with E-state index in [4.69, 9.17) is 4.74 Å². The molecule has 1 heterocycles. The third-order valence-corrected chi connectivity index (χ3v) is 5.74.